The molecule has 0 aliphatic carbocycles. The standard InChI is InChI=1S/C10H9NO2S/c1-6(12)7-2-3-9-8(4-7)5-13-10(14)11-9/h2-4H,5H2,1H3,(H,11,14). The predicted molar refractivity (Wildman–Crippen MR) is 57.5 cm³/mol. The van der Waals surface area contributed by atoms with Crippen molar-refractivity contribution in [2.75, 3.05) is 5.32 Å². The summed E-state index contributed by atoms with van der Waals surface area (Å²) in [4.78, 5) is 11.1. The van der Waals surface area contributed by atoms with Crippen molar-refractivity contribution < 1.29 is 9.53 Å². The third kappa shape index (κ3) is 1.61. The summed E-state index contributed by atoms with van der Waals surface area (Å²) in [5.74, 6) is 0.0564. The summed E-state index contributed by atoms with van der Waals surface area (Å²) >= 11 is 4.87. The molecular formula is C10H9NO2S. The minimum absolute atomic E-state index is 0.0564. The average molecular weight is 207 g/mol. The fourth-order valence-corrected chi connectivity index (χ4v) is 1.51. The van der Waals surface area contributed by atoms with E-state index in [9.17, 15) is 4.79 Å². The highest BCUT2D eigenvalue weighted by Gasteiger charge is 2.13. The molecule has 0 bridgehead atoms. The maximum atomic E-state index is 11.1. The Balaban J connectivity index is 2.41. The lowest BCUT2D eigenvalue weighted by Gasteiger charge is -2.19. The van der Waals surface area contributed by atoms with Gasteiger partial charge in [0.1, 0.15) is 6.61 Å². The molecule has 0 saturated carbocycles. The van der Waals surface area contributed by atoms with E-state index in [1.165, 1.54) is 0 Å². The maximum absolute atomic E-state index is 11.1. The molecule has 1 aromatic rings. The molecule has 14 heavy (non-hydrogen) atoms. The van der Waals surface area contributed by atoms with E-state index in [1.54, 1.807) is 13.0 Å². The molecule has 0 saturated heterocycles. The van der Waals surface area contributed by atoms with Crippen molar-refractivity contribution in [2.45, 2.75) is 13.5 Å². The van der Waals surface area contributed by atoms with Gasteiger partial charge in [0.2, 0.25) is 0 Å². The molecule has 0 fully saturated rings. The van der Waals surface area contributed by atoms with Gasteiger partial charge in [-0.15, -0.1) is 0 Å². The van der Waals surface area contributed by atoms with Gasteiger partial charge in [-0.25, -0.2) is 0 Å². The molecule has 1 N–H and O–H groups in total. The van der Waals surface area contributed by atoms with Crippen molar-refractivity contribution in [1.82, 2.24) is 0 Å². The first-order chi connectivity index (χ1) is 6.66. The molecule has 0 amide bonds. The summed E-state index contributed by atoms with van der Waals surface area (Å²) in [6, 6.07) is 5.45. The zero-order valence-electron chi connectivity index (χ0n) is 7.66. The van der Waals surface area contributed by atoms with Crippen LogP contribution in [-0.2, 0) is 11.3 Å². The Morgan fingerprint density at radius 2 is 2.36 bits per heavy atom. The molecule has 3 nitrogen and oxygen atoms in total. The van der Waals surface area contributed by atoms with E-state index >= 15 is 0 Å². The van der Waals surface area contributed by atoms with E-state index < -0.39 is 0 Å². The largest absolute Gasteiger partial charge is 0.466 e. The number of ketones is 1. The Hall–Kier alpha value is -1.42. The van der Waals surface area contributed by atoms with E-state index in [2.05, 4.69) is 5.32 Å². The third-order valence-corrected chi connectivity index (χ3v) is 2.33. The van der Waals surface area contributed by atoms with Crippen LogP contribution in [0.1, 0.15) is 22.8 Å². The van der Waals surface area contributed by atoms with Gasteiger partial charge in [0, 0.05) is 16.8 Å². The van der Waals surface area contributed by atoms with Crippen LogP contribution in [0.25, 0.3) is 0 Å². The van der Waals surface area contributed by atoms with Crippen molar-refractivity contribution in [3.63, 3.8) is 0 Å². The van der Waals surface area contributed by atoms with Gasteiger partial charge in [-0.2, -0.15) is 0 Å². The number of Topliss-reactive ketones (excluding diaryl/α,β-unsaturated/α-hetero) is 1. The number of carbonyl (C=O) groups is 1. The second kappa shape index (κ2) is 3.38. The van der Waals surface area contributed by atoms with E-state index in [0.29, 0.717) is 17.3 Å². The molecule has 4 heteroatoms. The summed E-state index contributed by atoms with van der Waals surface area (Å²) in [5.41, 5.74) is 2.58. The number of rotatable bonds is 1. The summed E-state index contributed by atoms with van der Waals surface area (Å²) < 4.78 is 5.15. The average Bonchev–Trinajstić information content (AvgIpc) is 2.16. The SMILES string of the molecule is CC(=O)c1ccc2c(c1)COC(=S)N2. The summed E-state index contributed by atoms with van der Waals surface area (Å²) in [5, 5.41) is 3.31. The minimum Gasteiger partial charge on any atom is -0.466 e. The van der Waals surface area contributed by atoms with E-state index in [0.717, 1.165) is 11.3 Å². The van der Waals surface area contributed by atoms with Crippen molar-refractivity contribution in [2.24, 2.45) is 0 Å². The number of nitrogens with one attached hydrogen (secondary N) is 1. The fraction of sp³-hybridized carbons (Fsp3) is 0.200. The first-order valence-electron chi connectivity index (χ1n) is 4.24. The first-order valence-corrected chi connectivity index (χ1v) is 4.65. The van der Waals surface area contributed by atoms with Gasteiger partial charge >= 0.3 is 0 Å². The van der Waals surface area contributed by atoms with Crippen molar-refractivity contribution >= 4 is 28.9 Å². The van der Waals surface area contributed by atoms with Gasteiger partial charge in [0.25, 0.3) is 5.17 Å². The lowest BCUT2D eigenvalue weighted by atomic mass is 10.1. The molecule has 72 valence electrons. The van der Waals surface area contributed by atoms with Gasteiger partial charge in [-0.3, -0.25) is 4.79 Å². The normalized spacial score (nSPS) is 13.9. The van der Waals surface area contributed by atoms with Crippen LogP contribution in [0.3, 0.4) is 0 Å². The molecule has 0 unspecified atom stereocenters. The van der Waals surface area contributed by atoms with Gasteiger partial charge < -0.3 is 10.1 Å². The van der Waals surface area contributed by atoms with Crippen molar-refractivity contribution in [3.8, 4) is 0 Å². The smallest absolute Gasteiger partial charge is 0.261 e. The topological polar surface area (TPSA) is 38.3 Å². The molecule has 0 spiro atoms. The monoisotopic (exact) mass is 207 g/mol. The first kappa shape index (κ1) is 9.15. The van der Waals surface area contributed by atoms with E-state index in [-0.39, 0.29) is 5.78 Å². The molecule has 2 rings (SSSR count). The van der Waals surface area contributed by atoms with Crippen LogP contribution < -0.4 is 5.32 Å². The highest BCUT2D eigenvalue weighted by Crippen LogP contribution is 2.22. The van der Waals surface area contributed by atoms with Crippen molar-refractivity contribution in [3.05, 3.63) is 29.3 Å². The molecule has 1 heterocycles. The number of hydrogen-bond acceptors (Lipinski definition) is 3. The fourth-order valence-electron chi connectivity index (χ4n) is 1.34. The van der Waals surface area contributed by atoms with Crippen LogP contribution in [0.15, 0.2) is 18.2 Å². The van der Waals surface area contributed by atoms with Gasteiger partial charge in [-0.05, 0) is 37.3 Å². The second-order valence-electron chi connectivity index (χ2n) is 3.13. The zero-order chi connectivity index (χ0) is 10.1. The third-order valence-electron chi connectivity index (χ3n) is 2.11. The second-order valence-corrected chi connectivity index (χ2v) is 3.50. The summed E-state index contributed by atoms with van der Waals surface area (Å²) in [6.45, 7) is 1.98. The minimum atomic E-state index is 0.0564. The Kier molecular flexibility index (Phi) is 2.21. The van der Waals surface area contributed by atoms with Gasteiger partial charge in [0.15, 0.2) is 5.78 Å². The van der Waals surface area contributed by atoms with Gasteiger partial charge in [-0.1, -0.05) is 0 Å². The Bertz CT molecular complexity index is 415. The van der Waals surface area contributed by atoms with Gasteiger partial charge in [0.05, 0.1) is 0 Å². The predicted octanol–water partition coefficient (Wildman–Crippen LogP) is 2.12. The van der Waals surface area contributed by atoms with Crippen LogP contribution in [0.5, 0.6) is 0 Å². The number of benzene rings is 1. The Morgan fingerprint density at radius 3 is 3.07 bits per heavy atom. The highest BCUT2D eigenvalue weighted by atomic mass is 32.1. The number of thiocarbonyl (C=S) groups is 1. The molecular weight excluding hydrogens is 198 g/mol. The Labute approximate surface area is 87.1 Å². The lowest BCUT2D eigenvalue weighted by molar-refractivity contribution is 0.101. The highest BCUT2D eigenvalue weighted by molar-refractivity contribution is 7.80. The molecule has 0 aromatic heterocycles. The van der Waals surface area contributed by atoms with Crippen LogP contribution in [0.4, 0.5) is 5.69 Å². The van der Waals surface area contributed by atoms with Crippen LogP contribution in [-0.4, -0.2) is 11.0 Å². The molecule has 1 aliphatic heterocycles. The number of fused-ring (bicyclic) bond motifs is 1. The van der Waals surface area contributed by atoms with Crippen LogP contribution in [0.2, 0.25) is 0 Å². The maximum Gasteiger partial charge on any atom is 0.261 e. The number of carbonyl (C=O) groups excluding carboxylic acids is 1. The zero-order valence-corrected chi connectivity index (χ0v) is 8.48. The molecule has 1 aliphatic rings. The number of anilines is 1. The molecule has 0 radical (unpaired) electrons. The quantitative estimate of drug-likeness (QED) is 0.565. The van der Waals surface area contributed by atoms with Crippen LogP contribution in [0, 0.1) is 0 Å². The molecule has 0 atom stereocenters. The Morgan fingerprint density at radius 1 is 1.57 bits per heavy atom. The van der Waals surface area contributed by atoms with Crippen molar-refractivity contribution in [1.29, 1.82) is 0 Å². The van der Waals surface area contributed by atoms with Crippen LogP contribution >= 0.6 is 12.2 Å². The molecule has 1 aromatic carbocycles. The number of ether oxygens (including phenoxy) is 1. The summed E-state index contributed by atoms with van der Waals surface area (Å²) in [7, 11) is 0. The van der Waals surface area contributed by atoms with E-state index in [4.69, 9.17) is 17.0 Å². The number of hydrogen-bond donors (Lipinski definition) is 1. The van der Waals surface area contributed by atoms with E-state index in [1.807, 2.05) is 12.1 Å². The lowest BCUT2D eigenvalue weighted by Crippen LogP contribution is -2.20. The summed E-state index contributed by atoms with van der Waals surface area (Å²) in [6.07, 6.45) is 0.